The van der Waals surface area contributed by atoms with Crippen LogP contribution < -0.4 is 10.1 Å². The predicted molar refractivity (Wildman–Crippen MR) is 108 cm³/mol. The average molecular weight is 528 g/mol. The van der Waals surface area contributed by atoms with Crippen LogP contribution in [-0.4, -0.2) is 48.8 Å². The van der Waals surface area contributed by atoms with Crippen LogP contribution in [0.5, 0.6) is 5.75 Å². The van der Waals surface area contributed by atoms with Crippen LogP contribution in [0, 0.1) is 5.82 Å². The van der Waals surface area contributed by atoms with Crippen LogP contribution in [0.3, 0.4) is 0 Å². The van der Waals surface area contributed by atoms with E-state index in [1.54, 1.807) is 6.07 Å². The predicted octanol–water partition coefficient (Wildman–Crippen LogP) is 4.38. The molecular formula is C21H11F7N6O3. The Hall–Kier alpha value is -4.50. The van der Waals surface area contributed by atoms with E-state index in [2.05, 4.69) is 25.0 Å². The van der Waals surface area contributed by atoms with Crippen molar-refractivity contribution in [2.75, 3.05) is 5.32 Å². The van der Waals surface area contributed by atoms with Crippen molar-refractivity contribution in [2.45, 2.75) is 24.5 Å². The van der Waals surface area contributed by atoms with Gasteiger partial charge in [0.2, 0.25) is 0 Å². The molecule has 37 heavy (non-hydrogen) atoms. The van der Waals surface area contributed by atoms with E-state index in [1.807, 2.05) is 0 Å². The molecule has 3 aromatic heterocycles. The van der Waals surface area contributed by atoms with Gasteiger partial charge in [-0.15, -0.1) is 0 Å². The van der Waals surface area contributed by atoms with Gasteiger partial charge in [-0.1, -0.05) is 23.4 Å². The van der Waals surface area contributed by atoms with Gasteiger partial charge >= 0.3 is 18.0 Å². The van der Waals surface area contributed by atoms with Crippen LogP contribution >= 0.6 is 0 Å². The number of hydrogen-bond acceptors (Lipinski definition) is 7. The lowest BCUT2D eigenvalue weighted by Crippen LogP contribution is -2.69. The molecule has 1 aliphatic heterocycles. The van der Waals surface area contributed by atoms with E-state index in [1.165, 1.54) is 46.6 Å². The molecule has 0 saturated heterocycles. The fourth-order valence-corrected chi connectivity index (χ4v) is 3.58. The number of nitrogens with zero attached hydrogens (tertiary/aromatic N) is 5. The van der Waals surface area contributed by atoms with Gasteiger partial charge in [-0.2, -0.15) is 31.4 Å². The Kier molecular flexibility index (Phi) is 5.41. The van der Waals surface area contributed by atoms with E-state index >= 15 is 0 Å². The van der Waals surface area contributed by atoms with Crippen LogP contribution in [0.15, 0.2) is 53.4 Å². The molecule has 9 nitrogen and oxygen atoms in total. The number of benzene rings is 1. The van der Waals surface area contributed by atoms with Crippen molar-refractivity contribution in [1.29, 1.82) is 0 Å². The Morgan fingerprint density at radius 2 is 1.76 bits per heavy atom. The number of carbonyl (C=O) groups excluding carboxylic acids is 1. The van der Waals surface area contributed by atoms with Crippen LogP contribution in [-0.2, 0) is 11.3 Å². The number of fused-ring (bicyclic) bond motifs is 1. The highest BCUT2D eigenvalue weighted by molar-refractivity contribution is 6.01. The first kappa shape index (κ1) is 24.2. The van der Waals surface area contributed by atoms with Gasteiger partial charge in [0, 0.05) is 11.6 Å². The van der Waals surface area contributed by atoms with Crippen molar-refractivity contribution >= 4 is 11.7 Å². The molecule has 0 fully saturated rings. The normalized spacial score (nSPS) is 15.2. The first-order valence-corrected chi connectivity index (χ1v) is 10.1. The third kappa shape index (κ3) is 3.93. The van der Waals surface area contributed by atoms with Crippen molar-refractivity contribution in [1.82, 2.24) is 24.9 Å². The summed E-state index contributed by atoms with van der Waals surface area (Å²) in [7, 11) is 0. The number of alkyl halides is 6. The summed E-state index contributed by atoms with van der Waals surface area (Å²) >= 11 is 0. The van der Waals surface area contributed by atoms with Gasteiger partial charge in [0.15, 0.2) is 17.4 Å². The van der Waals surface area contributed by atoms with Crippen molar-refractivity contribution < 1.29 is 44.8 Å². The maximum absolute atomic E-state index is 14.2. The summed E-state index contributed by atoms with van der Waals surface area (Å²) in [6.45, 7) is -0.0840. The van der Waals surface area contributed by atoms with Crippen LogP contribution in [0.25, 0.3) is 22.9 Å². The summed E-state index contributed by atoms with van der Waals surface area (Å²) in [6.07, 6.45) is -10.5. The Balaban J connectivity index is 1.55. The summed E-state index contributed by atoms with van der Waals surface area (Å²) in [5.41, 5.74) is -4.31. The molecule has 16 heteroatoms. The maximum atomic E-state index is 14.2. The Bertz CT molecular complexity index is 1470. The third-order valence-electron chi connectivity index (χ3n) is 5.36. The highest BCUT2D eigenvalue weighted by atomic mass is 19.4. The Labute approximate surface area is 200 Å². The number of nitrogens with one attached hydrogen (secondary N) is 1. The lowest BCUT2D eigenvalue weighted by Gasteiger charge is -2.38. The highest BCUT2D eigenvalue weighted by Crippen LogP contribution is 2.50. The minimum Gasteiger partial charge on any atom is -0.455 e. The molecule has 1 amide bonds. The average Bonchev–Trinajstić information content (AvgIpc) is 3.48. The molecule has 0 saturated carbocycles. The number of ether oxygens (including phenoxy) is 1. The lowest BCUT2D eigenvalue weighted by molar-refractivity contribution is -0.340. The van der Waals surface area contributed by atoms with Gasteiger partial charge in [-0.3, -0.25) is 9.48 Å². The molecule has 1 N–H and O–H groups in total. The molecule has 0 bridgehead atoms. The van der Waals surface area contributed by atoms with E-state index in [0.717, 1.165) is 0 Å². The van der Waals surface area contributed by atoms with Gasteiger partial charge in [0.25, 0.3) is 5.91 Å². The molecular weight excluding hydrogens is 517 g/mol. The number of hydrogen-bond donors (Lipinski definition) is 1. The number of carbonyl (C=O) groups is 1. The molecule has 4 aromatic rings. The molecule has 0 aliphatic carbocycles. The standard InChI is InChI=1S/C21H11F7N6O3/c22-11-4-2-1-3-10(11)9-34-14(12-5-6-36-33-12)7-13(32-34)16-29-8-15-17(30-16)31-18(35)19(37-15,20(23,24)25)21(26,27)28/h1-8H,9H2,(H,29,30,31,35). The van der Waals surface area contributed by atoms with E-state index in [-0.39, 0.29) is 29.3 Å². The molecule has 1 aromatic carbocycles. The molecule has 192 valence electrons. The number of amides is 1. The zero-order valence-electron chi connectivity index (χ0n) is 17.9. The van der Waals surface area contributed by atoms with E-state index in [9.17, 15) is 35.5 Å². The minimum atomic E-state index is -6.14. The topological polar surface area (TPSA) is 108 Å². The molecule has 0 unspecified atom stereocenters. The van der Waals surface area contributed by atoms with Crippen LogP contribution in [0.4, 0.5) is 36.6 Å². The quantitative estimate of drug-likeness (QED) is 0.392. The second-order valence-electron chi connectivity index (χ2n) is 7.69. The first-order chi connectivity index (χ1) is 17.4. The van der Waals surface area contributed by atoms with Crippen molar-refractivity contribution in [3.8, 4) is 28.7 Å². The number of aromatic nitrogens is 5. The van der Waals surface area contributed by atoms with Gasteiger partial charge < -0.3 is 14.6 Å². The SMILES string of the molecule is O=C1Nc2nc(-c3cc(-c4ccon4)n(Cc4ccccc4F)n3)ncc2OC1(C(F)(F)F)C(F)(F)F. The summed E-state index contributed by atoms with van der Waals surface area (Å²) < 4.78 is 105. The number of rotatable bonds is 4. The summed E-state index contributed by atoms with van der Waals surface area (Å²) in [5, 5.41) is 9.58. The lowest BCUT2D eigenvalue weighted by atomic mass is 9.99. The molecule has 0 atom stereocenters. The first-order valence-electron chi connectivity index (χ1n) is 10.1. The van der Waals surface area contributed by atoms with Gasteiger partial charge in [0.1, 0.15) is 23.5 Å². The summed E-state index contributed by atoms with van der Waals surface area (Å²) in [4.78, 5) is 19.6. The molecule has 0 radical (unpaired) electrons. The Morgan fingerprint density at radius 1 is 1.03 bits per heavy atom. The fourth-order valence-electron chi connectivity index (χ4n) is 3.58. The number of anilines is 1. The van der Waals surface area contributed by atoms with Crippen molar-refractivity contribution in [3.05, 3.63) is 60.2 Å². The van der Waals surface area contributed by atoms with Gasteiger partial charge in [-0.25, -0.2) is 14.4 Å². The molecule has 0 spiro atoms. The maximum Gasteiger partial charge on any atom is 0.447 e. The highest BCUT2D eigenvalue weighted by Gasteiger charge is 2.80. The monoisotopic (exact) mass is 528 g/mol. The smallest absolute Gasteiger partial charge is 0.447 e. The van der Waals surface area contributed by atoms with E-state index in [0.29, 0.717) is 11.9 Å². The van der Waals surface area contributed by atoms with Crippen LogP contribution in [0.2, 0.25) is 0 Å². The molecule has 5 rings (SSSR count). The Morgan fingerprint density at radius 3 is 2.41 bits per heavy atom. The summed E-state index contributed by atoms with van der Waals surface area (Å²) in [5.74, 6) is -5.11. The molecule has 4 heterocycles. The van der Waals surface area contributed by atoms with Crippen molar-refractivity contribution in [3.63, 3.8) is 0 Å². The summed E-state index contributed by atoms with van der Waals surface area (Å²) in [6, 6.07) is 8.73. The number of halogens is 7. The second kappa shape index (κ2) is 8.28. The third-order valence-corrected chi connectivity index (χ3v) is 5.36. The van der Waals surface area contributed by atoms with E-state index in [4.69, 9.17) is 4.52 Å². The van der Waals surface area contributed by atoms with Crippen LogP contribution in [0.1, 0.15) is 5.56 Å². The fraction of sp³-hybridized carbons (Fsp3) is 0.190. The second-order valence-corrected chi connectivity index (χ2v) is 7.69. The van der Waals surface area contributed by atoms with E-state index < -0.39 is 41.2 Å². The van der Waals surface area contributed by atoms with Crippen molar-refractivity contribution in [2.24, 2.45) is 0 Å². The van der Waals surface area contributed by atoms with Gasteiger partial charge in [0.05, 0.1) is 18.4 Å². The zero-order chi connectivity index (χ0) is 26.6. The minimum absolute atomic E-state index is 0.0186. The largest absolute Gasteiger partial charge is 0.455 e. The molecule has 1 aliphatic rings. The zero-order valence-corrected chi connectivity index (χ0v) is 17.9. The van der Waals surface area contributed by atoms with Gasteiger partial charge in [-0.05, 0) is 12.1 Å².